The second kappa shape index (κ2) is 5.16. The number of rotatable bonds is 3. The molecule has 8 heteroatoms. The van der Waals surface area contributed by atoms with Crippen molar-refractivity contribution < 1.29 is 9.66 Å². The SMILES string of the molecule is CC1OCCC1Sc1nc(Cl)ncc1[N+](=O)[O-]. The Morgan fingerprint density at radius 1 is 1.71 bits per heavy atom. The highest BCUT2D eigenvalue weighted by Crippen LogP contribution is 2.36. The molecular weight excluding hydrogens is 266 g/mol. The Bertz CT molecular complexity index is 445. The van der Waals surface area contributed by atoms with E-state index in [1.54, 1.807) is 0 Å². The largest absolute Gasteiger partial charge is 0.377 e. The lowest BCUT2D eigenvalue weighted by atomic mass is 10.3. The molecule has 1 fully saturated rings. The Morgan fingerprint density at radius 3 is 3.06 bits per heavy atom. The first-order valence-electron chi connectivity index (χ1n) is 5.03. The summed E-state index contributed by atoms with van der Waals surface area (Å²) in [5.74, 6) is 0. The van der Waals surface area contributed by atoms with Gasteiger partial charge in [-0.15, -0.1) is 0 Å². The van der Waals surface area contributed by atoms with Crippen LogP contribution in [0.3, 0.4) is 0 Å². The van der Waals surface area contributed by atoms with Crippen molar-refractivity contribution in [3.63, 3.8) is 0 Å². The van der Waals surface area contributed by atoms with Crippen LogP contribution in [0.5, 0.6) is 0 Å². The van der Waals surface area contributed by atoms with Crippen molar-refractivity contribution in [2.45, 2.75) is 29.7 Å². The number of nitrogens with zero attached hydrogens (tertiary/aromatic N) is 3. The quantitative estimate of drug-likeness (QED) is 0.364. The van der Waals surface area contributed by atoms with E-state index in [4.69, 9.17) is 16.3 Å². The zero-order chi connectivity index (χ0) is 12.4. The molecule has 0 bridgehead atoms. The smallest absolute Gasteiger partial charge is 0.319 e. The molecule has 1 saturated heterocycles. The van der Waals surface area contributed by atoms with E-state index >= 15 is 0 Å². The van der Waals surface area contributed by atoms with Gasteiger partial charge in [0.05, 0.1) is 11.0 Å². The number of thioether (sulfide) groups is 1. The zero-order valence-corrected chi connectivity index (χ0v) is 10.6. The molecule has 0 N–H and O–H groups in total. The summed E-state index contributed by atoms with van der Waals surface area (Å²) in [6.45, 7) is 2.62. The first-order chi connectivity index (χ1) is 8.08. The minimum absolute atomic E-state index is 0.0182. The Kier molecular flexibility index (Phi) is 3.80. The van der Waals surface area contributed by atoms with Crippen molar-refractivity contribution in [3.05, 3.63) is 21.6 Å². The average molecular weight is 276 g/mol. The second-order valence-corrected chi connectivity index (χ2v) is 5.17. The fraction of sp³-hybridized carbons (Fsp3) is 0.556. The third kappa shape index (κ3) is 2.85. The summed E-state index contributed by atoms with van der Waals surface area (Å²) >= 11 is 6.98. The summed E-state index contributed by atoms with van der Waals surface area (Å²) < 4.78 is 5.40. The van der Waals surface area contributed by atoms with Crippen molar-refractivity contribution >= 4 is 29.1 Å². The molecule has 0 saturated carbocycles. The molecule has 2 heterocycles. The first-order valence-corrected chi connectivity index (χ1v) is 6.29. The minimum atomic E-state index is -0.501. The summed E-state index contributed by atoms with van der Waals surface area (Å²) in [5, 5.41) is 11.3. The van der Waals surface area contributed by atoms with Crippen LogP contribution in [0.15, 0.2) is 11.2 Å². The van der Waals surface area contributed by atoms with Gasteiger partial charge in [0.2, 0.25) is 5.28 Å². The second-order valence-electron chi connectivity index (χ2n) is 3.61. The molecule has 0 amide bonds. The lowest BCUT2D eigenvalue weighted by Gasteiger charge is -2.12. The molecule has 2 rings (SSSR count). The monoisotopic (exact) mass is 275 g/mol. The number of ether oxygens (including phenoxy) is 1. The molecule has 6 nitrogen and oxygen atoms in total. The molecular formula is C9H10ClN3O3S. The highest BCUT2D eigenvalue weighted by atomic mass is 35.5. The fourth-order valence-corrected chi connectivity index (χ4v) is 2.90. The summed E-state index contributed by atoms with van der Waals surface area (Å²) in [6.07, 6.45) is 2.05. The molecule has 1 aliphatic rings. The van der Waals surface area contributed by atoms with Gasteiger partial charge in [0.25, 0.3) is 0 Å². The van der Waals surface area contributed by atoms with Gasteiger partial charge >= 0.3 is 5.69 Å². The molecule has 1 aromatic rings. The van der Waals surface area contributed by atoms with E-state index in [-0.39, 0.29) is 22.3 Å². The normalized spacial score (nSPS) is 23.9. The molecule has 17 heavy (non-hydrogen) atoms. The van der Waals surface area contributed by atoms with Gasteiger partial charge in [-0.1, -0.05) is 11.8 Å². The molecule has 2 atom stereocenters. The van der Waals surface area contributed by atoms with Gasteiger partial charge in [0.1, 0.15) is 6.20 Å². The molecule has 92 valence electrons. The van der Waals surface area contributed by atoms with E-state index in [0.717, 1.165) is 12.6 Å². The molecule has 1 aromatic heterocycles. The van der Waals surface area contributed by atoms with Crippen LogP contribution in [0, 0.1) is 10.1 Å². The number of halogens is 1. The fourth-order valence-electron chi connectivity index (χ4n) is 1.56. The predicted octanol–water partition coefficient (Wildman–Crippen LogP) is 2.31. The van der Waals surface area contributed by atoms with Gasteiger partial charge in [-0.25, -0.2) is 9.97 Å². The van der Waals surface area contributed by atoms with Gasteiger partial charge in [-0.2, -0.15) is 0 Å². The lowest BCUT2D eigenvalue weighted by Crippen LogP contribution is -2.13. The van der Waals surface area contributed by atoms with E-state index in [1.807, 2.05) is 6.92 Å². The number of hydrogen-bond acceptors (Lipinski definition) is 6. The topological polar surface area (TPSA) is 78.2 Å². The molecule has 0 aliphatic carbocycles. The van der Waals surface area contributed by atoms with Gasteiger partial charge in [-0.3, -0.25) is 10.1 Å². The van der Waals surface area contributed by atoms with Crippen molar-refractivity contribution in [3.8, 4) is 0 Å². The van der Waals surface area contributed by atoms with Crippen molar-refractivity contribution in [2.75, 3.05) is 6.61 Å². The first kappa shape index (κ1) is 12.5. The maximum absolute atomic E-state index is 10.8. The van der Waals surface area contributed by atoms with Crippen LogP contribution >= 0.6 is 23.4 Å². The third-order valence-corrected chi connectivity index (χ3v) is 4.10. The maximum Gasteiger partial charge on any atom is 0.319 e. The van der Waals surface area contributed by atoms with E-state index in [0.29, 0.717) is 11.6 Å². The maximum atomic E-state index is 10.8. The van der Waals surface area contributed by atoms with Crippen LogP contribution in [-0.2, 0) is 4.74 Å². The average Bonchev–Trinajstić information content (AvgIpc) is 2.64. The standard InChI is InChI=1S/C9H10ClN3O3S/c1-5-7(2-3-16-5)17-8-6(13(14)15)4-11-9(10)12-8/h4-5,7H,2-3H2,1H3. The van der Waals surface area contributed by atoms with Gasteiger partial charge in [0, 0.05) is 11.9 Å². The van der Waals surface area contributed by atoms with Crippen LogP contribution in [-0.4, -0.2) is 32.9 Å². The van der Waals surface area contributed by atoms with Gasteiger partial charge in [0.15, 0.2) is 5.03 Å². The van der Waals surface area contributed by atoms with E-state index < -0.39 is 4.92 Å². The van der Waals surface area contributed by atoms with Gasteiger partial charge < -0.3 is 4.74 Å². The Hall–Kier alpha value is -0.920. The van der Waals surface area contributed by atoms with Crippen LogP contribution in [0.2, 0.25) is 5.28 Å². The van der Waals surface area contributed by atoms with Crippen LogP contribution in [0.4, 0.5) is 5.69 Å². The van der Waals surface area contributed by atoms with Crippen LogP contribution < -0.4 is 0 Å². The number of hydrogen-bond donors (Lipinski definition) is 0. The third-order valence-electron chi connectivity index (χ3n) is 2.47. The molecule has 2 unspecified atom stereocenters. The Morgan fingerprint density at radius 2 is 2.47 bits per heavy atom. The van der Waals surface area contributed by atoms with E-state index in [1.165, 1.54) is 11.8 Å². The molecule has 0 aromatic carbocycles. The molecule has 0 radical (unpaired) electrons. The zero-order valence-electron chi connectivity index (χ0n) is 9.00. The molecule has 0 spiro atoms. The highest BCUT2D eigenvalue weighted by Gasteiger charge is 2.29. The lowest BCUT2D eigenvalue weighted by molar-refractivity contribution is -0.388. The Balaban J connectivity index is 2.24. The summed E-state index contributed by atoms with van der Waals surface area (Å²) in [7, 11) is 0. The Labute approximate surface area is 107 Å². The number of nitro groups is 1. The van der Waals surface area contributed by atoms with Crippen molar-refractivity contribution in [1.29, 1.82) is 0 Å². The van der Waals surface area contributed by atoms with E-state index in [2.05, 4.69) is 9.97 Å². The molecule has 1 aliphatic heterocycles. The van der Waals surface area contributed by atoms with E-state index in [9.17, 15) is 10.1 Å². The summed E-state index contributed by atoms with van der Waals surface area (Å²) in [6, 6.07) is 0. The van der Waals surface area contributed by atoms with Crippen molar-refractivity contribution in [1.82, 2.24) is 9.97 Å². The predicted molar refractivity (Wildman–Crippen MR) is 63.4 cm³/mol. The summed E-state index contributed by atoms with van der Waals surface area (Å²) in [4.78, 5) is 17.9. The minimum Gasteiger partial charge on any atom is -0.377 e. The van der Waals surface area contributed by atoms with Gasteiger partial charge in [-0.05, 0) is 24.9 Å². The highest BCUT2D eigenvalue weighted by molar-refractivity contribution is 8.00. The van der Waals surface area contributed by atoms with Crippen LogP contribution in [0.1, 0.15) is 13.3 Å². The number of aromatic nitrogens is 2. The van der Waals surface area contributed by atoms with Crippen molar-refractivity contribution in [2.24, 2.45) is 0 Å². The van der Waals surface area contributed by atoms with Crippen LogP contribution in [0.25, 0.3) is 0 Å². The summed E-state index contributed by atoms with van der Waals surface area (Å²) in [5.41, 5.74) is -0.112.